The number of ether oxygens (including phenoxy) is 2. The first-order chi connectivity index (χ1) is 20.1. The normalized spacial score (nSPS) is 47.2. The highest BCUT2D eigenvalue weighted by Crippen LogP contribution is 2.75. The second-order valence-corrected chi connectivity index (χ2v) is 17.2. The lowest BCUT2D eigenvalue weighted by Crippen LogP contribution is -2.68. The molecule has 1 heterocycles. The first kappa shape index (κ1) is 31.1. The number of nitrogens with zero attached hydrogens (tertiary/aromatic N) is 1. The SMILES string of the molecule is COC(=O)[C@@]1(C)CC[C@]2(C)CC[C@]3(C)C(=CC(=O)[C@@H]4[C@@]5(C)CCC(NC(=O)N6CCOCC6)C(C)(C)[C@@H]5CC[C@]43C)[C@@H]2C1. The van der Waals surface area contributed by atoms with E-state index in [4.69, 9.17) is 9.47 Å². The zero-order valence-electron chi connectivity index (χ0n) is 28.1. The second-order valence-electron chi connectivity index (χ2n) is 17.2. The van der Waals surface area contributed by atoms with E-state index in [9.17, 15) is 14.4 Å². The summed E-state index contributed by atoms with van der Waals surface area (Å²) in [7, 11) is 1.50. The van der Waals surface area contributed by atoms with Crippen LogP contribution in [0.15, 0.2) is 11.6 Å². The van der Waals surface area contributed by atoms with Gasteiger partial charge in [-0.15, -0.1) is 0 Å². The van der Waals surface area contributed by atoms with Crippen LogP contribution in [0.5, 0.6) is 0 Å². The van der Waals surface area contributed by atoms with Crippen LogP contribution in [0, 0.1) is 50.2 Å². The van der Waals surface area contributed by atoms with E-state index >= 15 is 0 Å². The van der Waals surface area contributed by atoms with Crippen LogP contribution in [-0.2, 0) is 19.1 Å². The van der Waals surface area contributed by atoms with Crippen molar-refractivity contribution in [3.8, 4) is 0 Å². The predicted octanol–water partition coefficient (Wildman–Crippen LogP) is 6.55. The quantitative estimate of drug-likeness (QED) is 0.366. The molecular formula is C36H56N2O5. The number of ketones is 1. The highest BCUT2D eigenvalue weighted by molar-refractivity contribution is 5.95. The Morgan fingerprint density at radius 2 is 1.60 bits per heavy atom. The Morgan fingerprint density at radius 3 is 2.28 bits per heavy atom. The lowest BCUT2D eigenvalue weighted by molar-refractivity contribution is -0.189. The Bertz CT molecular complexity index is 1220. The molecule has 1 N–H and O–H groups in total. The highest BCUT2D eigenvalue weighted by Gasteiger charge is 2.70. The van der Waals surface area contributed by atoms with Crippen LogP contribution in [0.4, 0.5) is 4.79 Å². The van der Waals surface area contributed by atoms with Crippen molar-refractivity contribution in [3.05, 3.63) is 11.6 Å². The van der Waals surface area contributed by atoms with Gasteiger partial charge in [-0.3, -0.25) is 9.59 Å². The summed E-state index contributed by atoms with van der Waals surface area (Å²) < 4.78 is 10.8. The molecule has 43 heavy (non-hydrogen) atoms. The molecule has 5 fully saturated rings. The molecule has 1 unspecified atom stereocenters. The van der Waals surface area contributed by atoms with Gasteiger partial charge in [0, 0.05) is 25.0 Å². The molecule has 0 aromatic rings. The fourth-order valence-electron chi connectivity index (χ4n) is 11.9. The zero-order valence-corrected chi connectivity index (χ0v) is 28.1. The summed E-state index contributed by atoms with van der Waals surface area (Å²) in [5.74, 6) is 0.724. The summed E-state index contributed by atoms with van der Waals surface area (Å²) >= 11 is 0. The Balaban J connectivity index is 1.32. The highest BCUT2D eigenvalue weighted by atomic mass is 16.5. The third-order valence-corrected chi connectivity index (χ3v) is 14.9. The number of morpholine rings is 1. The minimum Gasteiger partial charge on any atom is -0.469 e. The van der Waals surface area contributed by atoms with E-state index < -0.39 is 5.41 Å². The second kappa shape index (κ2) is 10.1. The molecule has 2 amide bonds. The number of hydrogen-bond donors (Lipinski definition) is 1. The van der Waals surface area contributed by atoms with Crippen LogP contribution in [-0.4, -0.2) is 62.1 Å². The molecule has 240 valence electrons. The molecule has 4 saturated carbocycles. The monoisotopic (exact) mass is 596 g/mol. The van der Waals surface area contributed by atoms with Crippen molar-refractivity contribution in [2.75, 3.05) is 33.4 Å². The lowest BCUT2D eigenvalue weighted by Gasteiger charge is -2.70. The number of rotatable bonds is 2. The van der Waals surface area contributed by atoms with Gasteiger partial charge in [-0.2, -0.15) is 0 Å². The number of fused-ring (bicyclic) bond motifs is 7. The molecule has 5 aliphatic carbocycles. The van der Waals surface area contributed by atoms with Crippen LogP contribution >= 0.6 is 0 Å². The summed E-state index contributed by atoms with van der Waals surface area (Å²) in [4.78, 5) is 42.7. The van der Waals surface area contributed by atoms with Gasteiger partial charge >= 0.3 is 12.0 Å². The fourth-order valence-corrected chi connectivity index (χ4v) is 11.9. The van der Waals surface area contributed by atoms with Gasteiger partial charge in [-0.05, 0) is 110 Å². The predicted molar refractivity (Wildman–Crippen MR) is 166 cm³/mol. The molecule has 7 heteroatoms. The van der Waals surface area contributed by atoms with Gasteiger partial charge in [0.1, 0.15) is 0 Å². The van der Waals surface area contributed by atoms with E-state index in [1.54, 1.807) is 0 Å². The number of carbonyl (C=O) groups is 3. The fraction of sp³-hybridized carbons (Fsp3) is 0.861. The molecule has 0 radical (unpaired) electrons. The molecule has 0 aromatic carbocycles. The first-order valence-corrected chi connectivity index (χ1v) is 17.0. The van der Waals surface area contributed by atoms with E-state index in [2.05, 4.69) is 59.9 Å². The number of esters is 1. The topological polar surface area (TPSA) is 84.9 Å². The van der Waals surface area contributed by atoms with Gasteiger partial charge in [0.25, 0.3) is 0 Å². The number of urea groups is 1. The van der Waals surface area contributed by atoms with Gasteiger partial charge in [0.05, 0.1) is 25.7 Å². The summed E-state index contributed by atoms with van der Waals surface area (Å²) in [6.07, 6.45) is 10.9. The number of hydrogen-bond acceptors (Lipinski definition) is 5. The smallest absolute Gasteiger partial charge is 0.317 e. The summed E-state index contributed by atoms with van der Waals surface area (Å²) in [5, 5.41) is 3.43. The maximum Gasteiger partial charge on any atom is 0.317 e. The molecule has 6 aliphatic rings. The molecule has 1 aliphatic heterocycles. The Kier molecular flexibility index (Phi) is 7.27. The standard InChI is InChI=1S/C36H56N2O5/c1-31(2)26-9-12-36(7)28(34(26,5)11-10-27(31)37-30(41)38-17-19-43-20-18-38)25(39)21-23-24-22-33(4,29(40)42-8)14-13-32(24,3)15-16-35(23,36)6/h21,24,26-28H,9-20,22H2,1-8H3,(H,37,41)/t24-,26-,27?,28+,32+,33-,34-,35+,36+/m0/s1. The van der Waals surface area contributed by atoms with Crippen molar-refractivity contribution in [1.29, 1.82) is 0 Å². The summed E-state index contributed by atoms with van der Waals surface area (Å²) in [6.45, 7) is 18.9. The Morgan fingerprint density at radius 1 is 0.930 bits per heavy atom. The minimum atomic E-state index is -0.503. The van der Waals surface area contributed by atoms with Crippen molar-refractivity contribution >= 4 is 17.8 Å². The number of nitrogens with one attached hydrogen (secondary N) is 1. The Hall–Kier alpha value is -1.89. The van der Waals surface area contributed by atoms with E-state index in [1.165, 1.54) is 12.7 Å². The molecular weight excluding hydrogens is 540 g/mol. The van der Waals surface area contributed by atoms with Crippen molar-refractivity contribution in [1.82, 2.24) is 10.2 Å². The van der Waals surface area contributed by atoms with E-state index in [-0.39, 0.29) is 57.0 Å². The third kappa shape index (κ3) is 4.32. The third-order valence-electron chi connectivity index (χ3n) is 14.9. The number of allylic oxidation sites excluding steroid dienone is 2. The molecule has 0 aromatic heterocycles. The molecule has 0 bridgehead atoms. The van der Waals surface area contributed by atoms with E-state index in [0.717, 1.165) is 57.8 Å². The summed E-state index contributed by atoms with van der Waals surface area (Å²) in [5.41, 5.74) is 0.459. The van der Waals surface area contributed by atoms with Crippen LogP contribution in [0.2, 0.25) is 0 Å². The van der Waals surface area contributed by atoms with Gasteiger partial charge in [0.15, 0.2) is 5.78 Å². The van der Waals surface area contributed by atoms with Gasteiger partial charge in [-0.25, -0.2) is 4.79 Å². The lowest BCUT2D eigenvalue weighted by atomic mass is 9.33. The average Bonchev–Trinajstić information content (AvgIpc) is 2.96. The van der Waals surface area contributed by atoms with Gasteiger partial charge in [-0.1, -0.05) is 47.1 Å². The average molecular weight is 597 g/mol. The van der Waals surface area contributed by atoms with Gasteiger partial charge < -0.3 is 19.7 Å². The van der Waals surface area contributed by atoms with Crippen molar-refractivity contribution < 1.29 is 23.9 Å². The van der Waals surface area contributed by atoms with E-state index in [1.807, 2.05) is 4.90 Å². The van der Waals surface area contributed by atoms with Crippen LogP contribution in [0.25, 0.3) is 0 Å². The zero-order chi connectivity index (χ0) is 31.2. The van der Waals surface area contributed by atoms with Crippen LogP contribution in [0.3, 0.4) is 0 Å². The van der Waals surface area contributed by atoms with Gasteiger partial charge in [0.2, 0.25) is 0 Å². The molecule has 9 atom stereocenters. The Labute approximate surface area is 259 Å². The molecule has 1 saturated heterocycles. The molecule has 6 rings (SSSR count). The van der Waals surface area contributed by atoms with Crippen LogP contribution in [0.1, 0.15) is 106 Å². The maximum atomic E-state index is 14.6. The largest absolute Gasteiger partial charge is 0.469 e. The van der Waals surface area contributed by atoms with E-state index in [0.29, 0.717) is 38.0 Å². The number of carbonyl (C=O) groups excluding carboxylic acids is 3. The summed E-state index contributed by atoms with van der Waals surface area (Å²) in [6, 6.07) is 0.107. The van der Waals surface area contributed by atoms with Crippen LogP contribution < -0.4 is 5.32 Å². The number of amides is 2. The minimum absolute atomic E-state index is 0.0242. The number of methoxy groups -OCH3 is 1. The van der Waals surface area contributed by atoms with Crippen molar-refractivity contribution in [2.45, 2.75) is 112 Å². The van der Waals surface area contributed by atoms with Crippen molar-refractivity contribution in [2.24, 2.45) is 50.2 Å². The maximum absolute atomic E-state index is 14.6. The first-order valence-electron chi connectivity index (χ1n) is 17.0. The molecule has 7 nitrogen and oxygen atoms in total. The molecule has 0 spiro atoms. The van der Waals surface area contributed by atoms with Crippen molar-refractivity contribution in [3.63, 3.8) is 0 Å².